The Labute approximate surface area is 116 Å². The highest BCUT2D eigenvalue weighted by Gasteiger charge is 2.37. The van der Waals surface area contributed by atoms with Crippen molar-refractivity contribution >= 4 is 5.91 Å². The van der Waals surface area contributed by atoms with Gasteiger partial charge < -0.3 is 10.0 Å². The number of hydrogen-bond acceptors (Lipinski definition) is 3. The van der Waals surface area contributed by atoms with Gasteiger partial charge in [-0.1, -0.05) is 6.42 Å². The zero-order chi connectivity index (χ0) is 13.8. The molecule has 1 heterocycles. The number of carbonyl (C=O) groups excluding carboxylic acids is 1. The molecule has 3 atom stereocenters. The summed E-state index contributed by atoms with van der Waals surface area (Å²) in [4.78, 5) is 15.8. The lowest BCUT2D eigenvalue weighted by atomic mass is 9.94. The van der Waals surface area contributed by atoms with E-state index in [1.807, 2.05) is 14.1 Å². The van der Waals surface area contributed by atoms with Crippen molar-refractivity contribution in [1.29, 1.82) is 0 Å². The van der Waals surface area contributed by atoms with E-state index in [-0.39, 0.29) is 12.0 Å². The van der Waals surface area contributed by atoms with E-state index in [0.29, 0.717) is 18.4 Å². The number of amides is 1. The molecule has 0 aromatic heterocycles. The van der Waals surface area contributed by atoms with E-state index in [1.54, 1.807) is 4.90 Å². The molecule has 4 nitrogen and oxygen atoms in total. The number of rotatable bonds is 5. The molecular formula is C15H28N2O2. The van der Waals surface area contributed by atoms with Crippen LogP contribution in [0.15, 0.2) is 0 Å². The van der Waals surface area contributed by atoms with Gasteiger partial charge in [0.1, 0.15) is 0 Å². The van der Waals surface area contributed by atoms with E-state index in [9.17, 15) is 9.90 Å². The first kappa shape index (κ1) is 14.8. The van der Waals surface area contributed by atoms with Crippen molar-refractivity contribution in [1.82, 2.24) is 9.80 Å². The molecule has 1 aliphatic carbocycles. The average molecular weight is 268 g/mol. The first-order chi connectivity index (χ1) is 9.09. The summed E-state index contributed by atoms with van der Waals surface area (Å²) in [5, 5.41) is 10.1. The first-order valence-corrected chi connectivity index (χ1v) is 7.72. The van der Waals surface area contributed by atoms with Crippen LogP contribution >= 0.6 is 0 Å². The Kier molecular flexibility index (Phi) is 5.22. The fourth-order valence-electron chi connectivity index (χ4n) is 3.69. The van der Waals surface area contributed by atoms with E-state index < -0.39 is 0 Å². The van der Waals surface area contributed by atoms with Crippen LogP contribution in [0.5, 0.6) is 0 Å². The second-order valence-corrected chi connectivity index (χ2v) is 6.30. The minimum absolute atomic E-state index is 0.0889. The van der Waals surface area contributed by atoms with Crippen LogP contribution in [0.2, 0.25) is 0 Å². The molecule has 1 aliphatic heterocycles. The number of aliphatic hydroxyl groups is 1. The normalized spacial score (nSPS) is 31.8. The van der Waals surface area contributed by atoms with Crippen molar-refractivity contribution in [2.75, 3.05) is 27.2 Å². The quantitative estimate of drug-likeness (QED) is 0.821. The van der Waals surface area contributed by atoms with E-state index in [1.165, 1.54) is 25.7 Å². The van der Waals surface area contributed by atoms with Crippen LogP contribution in [0, 0.1) is 5.92 Å². The molecule has 2 fully saturated rings. The Balaban J connectivity index is 1.77. The molecule has 0 radical (unpaired) electrons. The Morgan fingerprint density at radius 2 is 2.05 bits per heavy atom. The molecule has 110 valence electrons. The van der Waals surface area contributed by atoms with Gasteiger partial charge in [0, 0.05) is 32.5 Å². The van der Waals surface area contributed by atoms with Crippen LogP contribution in [0.1, 0.15) is 44.9 Å². The second-order valence-electron chi connectivity index (χ2n) is 6.30. The van der Waals surface area contributed by atoms with Crippen molar-refractivity contribution in [3.8, 4) is 0 Å². The minimum Gasteiger partial charge on any atom is -0.393 e. The maximum atomic E-state index is 11.6. The number of aliphatic hydroxyl groups excluding tert-OH is 1. The number of nitrogens with zero attached hydrogens (tertiary/aromatic N) is 2. The zero-order valence-electron chi connectivity index (χ0n) is 12.3. The predicted molar refractivity (Wildman–Crippen MR) is 75.9 cm³/mol. The van der Waals surface area contributed by atoms with Crippen LogP contribution in [0.3, 0.4) is 0 Å². The Morgan fingerprint density at radius 1 is 1.26 bits per heavy atom. The lowest BCUT2D eigenvalue weighted by Gasteiger charge is -2.31. The number of likely N-dealkylation sites (tertiary alicyclic amines) is 1. The zero-order valence-corrected chi connectivity index (χ0v) is 12.3. The van der Waals surface area contributed by atoms with Crippen LogP contribution < -0.4 is 0 Å². The maximum absolute atomic E-state index is 11.6. The monoisotopic (exact) mass is 268 g/mol. The average Bonchev–Trinajstić information content (AvgIpc) is 2.97. The minimum atomic E-state index is -0.0889. The van der Waals surface area contributed by atoms with Crippen LogP contribution in [-0.2, 0) is 4.79 Å². The summed E-state index contributed by atoms with van der Waals surface area (Å²) in [5.74, 6) is 0.698. The molecule has 2 rings (SSSR count). The van der Waals surface area contributed by atoms with Crippen molar-refractivity contribution in [3.63, 3.8) is 0 Å². The summed E-state index contributed by atoms with van der Waals surface area (Å²) in [6, 6.07) is 0.562. The van der Waals surface area contributed by atoms with Gasteiger partial charge in [-0.25, -0.2) is 0 Å². The molecule has 0 aromatic carbocycles. The molecule has 2 aliphatic rings. The molecule has 3 unspecified atom stereocenters. The third-order valence-electron chi connectivity index (χ3n) is 4.77. The molecule has 0 aromatic rings. The van der Waals surface area contributed by atoms with Crippen molar-refractivity contribution in [2.45, 2.75) is 57.1 Å². The van der Waals surface area contributed by atoms with Crippen molar-refractivity contribution < 1.29 is 9.90 Å². The van der Waals surface area contributed by atoms with Gasteiger partial charge in [0.15, 0.2) is 0 Å². The van der Waals surface area contributed by atoms with E-state index >= 15 is 0 Å². The molecular weight excluding hydrogens is 240 g/mol. The predicted octanol–water partition coefficient (Wildman–Crippen LogP) is 1.48. The van der Waals surface area contributed by atoms with E-state index in [4.69, 9.17) is 0 Å². The van der Waals surface area contributed by atoms with E-state index in [0.717, 1.165) is 25.9 Å². The second kappa shape index (κ2) is 6.71. The molecule has 4 heteroatoms. The van der Waals surface area contributed by atoms with Gasteiger partial charge in [-0.05, 0) is 45.2 Å². The highest BCUT2D eigenvalue weighted by Crippen LogP contribution is 2.35. The third kappa shape index (κ3) is 3.69. The van der Waals surface area contributed by atoms with Crippen LogP contribution in [0.4, 0.5) is 0 Å². The van der Waals surface area contributed by atoms with Gasteiger partial charge in [0.25, 0.3) is 0 Å². The fraction of sp³-hybridized carbons (Fsp3) is 0.933. The number of carbonyl (C=O) groups is 1. The van der Waals surface area contributed by atoms with Gasteiger partial charge in [0.05, 0.1) is 6.10 Å². The van der Waals surface area contributed by atoms with E-state index in [2.05, 4.69) is 4.90 Å². The highest BCUT2D eigenvalue weighted by molar-refractivity contribution is 5.75. The van der Waals surface area contributed by atoms with Gasteiger partial charge in [-0.3, -0.25) is 9.69 Å². The largest absolute Gasteiger partial charge is 0.393 e. The Hall–Kier alpha value is -0.610. The van der Waals surface area contributed by atoms with Crippen LogP contribution in [-0.4, -0.2) is 60.1 Å². The highest BCUT2D eigenvalue weighted by atomic mass is 16.3. The standard InChI is InChI=1S/C15H28N2O2/c1-16(2)15(19)9-5-11-17-10-4-7-13(17)12-6-3-8-14(12)18/h12-14,18H,3-11H2,1-2H3. The Morgan fingerprint density at radius 3 is 2.68 bits per heavy atom. The lowest BCUT2D eigenvalue weighted by Crippen LogP contribution is -2.39. The van der Waals surface area contributed by atoms with Gasteiger partial charge in [-0.2, -0.15) is 0 Å². The molecule has 1 N–H and O–H groups in total. The summed E-state index contributed by atoms with van der Waals surface area (Å²) in [6.45, 7) is 2.15. The lowest BCUT2D eigenvalue weighted by molar-refractivity contribution is -0.128. The van der Waals surface area contributed by atoms with Gasteiger partial charge >= 0.3 is 0 Å². The summed E-state index contributed by atoms with van der Waals surface area (Å²) in [7, 11) is 3.63. The number of hydrogen-bond donors (Lipinski definition) is 1. The smallest absolute Gasteiger partial charge is 0.222 e. The summed E-state index contributed by atoms with van der Waals surface area (Å²) < 4.78 is 0. The van der Waals surface area contributed by atoms with Crippen LogP contribution in [0.25, 0.3) is 0 Å². The molecule has 19 heavy (non-hydrogen) atoms. The van der Waals surface area contributed by atoms with Crippen molar-refractivity contribution in [2.24, 2.45) is 5.92 Å². The summed E-state index contributed by atoms with van der Waals surface area (Å²) in [5.41, 5.74) is 0. The molecule has 0 bridgehead atoms. The first-order valence-electron chi connectivity index (χ1n) is 7.72. The Bertz CT molecular complexity index is 307. The molecule has 1 saturated carbocycles. The molecule has 1 amide bonds. The summed E-state index contributed by atoms with van der Waals surface area (Å²) in [6.07, 6.45) is 7.30. The van der Waals surface area contributed by atoms with Gasteiger partial charge in [0.2, 0.25) is 5.91 Å². The van der Waals surface area contributed by atoms with Crippen molar-refractivity contribution in [3.05, 3.63) is 0 Å². The fourth-order valence-corrected chi connectivity index (χ4v) is 3.69. The third-order valence-corrected chi connectivity index (χ3v) is 4.77. The summed E-state index contributed by atoms with van der Waals surface area (Å²) >= 11 is 0. The molecule has 0 spiro atoms. The topological polar surface area (TPSA) is 43.8 Å². The van der Waals surface area contributed by atoms with Gasteiger partial charge in [-0.15, -0.1) is 0 Å². The molecule has 1 saturated heterocycles. The SMILES string of the molecule is CN(C)C(=O)CCCN1CCCC1C1CCCC1O. The maximum Gasteiger partial charge on any atom is 0.222 e.